The Morgan fingerprint density at radius 3 is 2.22 bits per heavy atom. The molecule has 4 heteroatoms. The summed E-state index contributed by atoms with van der Waals surface area (Å²) < 4.78 is 4.12. The van der Waals surface area contributed by atoms with Crippen LogP contribution in [0.1, 0.15) is 20.3 Å². The summed E-state index contributed by atoms with van der Waals surface area (Å²) in [6.07, 6.45) is 0.448. The molecule has 56 valence electrons. The first kappa shape index (κ1) is 12.3. The minimum atomic E-state index is -0.261. The van der Waals surface area contributed by atoms with Crippen LogP contribution in [-0.4, -0.2) is 29.9 Å². The second kappa shape index (κ2) is 6.73. The molecule has 0 saturated carbocycles. The second-order valence-corrected chi connectivity index (χ2v) is 2.24. The average Bonchev–Trinajstić information content (AvgIpc) is 1.65. The third kappa shape index (κ3) is 8.62. The molecule has 9 heavy (non-hydrogen) atoms. The summed E-state index contributed by atoms with van der Waals surface area (Å²) in [7, 11) is 0. The van der Waals surface area contributed by atoms with Crippen LogP contribution in [0.25, 0.3) is 0 Å². The van der Waals surface area contributed by atoms with Gasteiger partial charge in [-0.1, -0.05) is 13.8 Å². The zero-order valence-corrected chi connectivity index (χ0v) is 5.94. The third-order valence-corrected chi connectivity index (χ3v) is 0.880. The van der Waals surface area contributed by atoms with Gasteiger partial charge in [-0.15, -0.1) is 0 Å². The number of thiol groups is 1. The molecule has 0 atom stereocenters. The van der Waals surface area contributed by atoms with E-state index < -0.39 is 0 Å². The average molecular weight is 257 g/mol. The van der Waals surface area contributed by atoms with Gasteiger partial charge in [0.25, 0.3) is 0 Å². The quantitative estimate of drug-likeness (QED) is 0.427. The van der Waals surface area contributed by atoms with Crippen LogP contribution in [0.3, 0.4) is 0 Å². The van der Waals surface area contributed by atoms with Gasteiger partial charge in [-0.3, -0.25) is 4.79 Å². The van der Waals surface area contributed by atoms with Gasteiger partial charge in [-0.25, -0.2) is 0 Å². The van der Waals surface area contributed by atoms with Gasteiger partial charge >= 0.3 is 29.9 Å². The molecule has 0 rings (SSSR count). The van der Waals surface area contributed by atoms with Crippen LogP contribution in [0.15, 0.2) is 0 Å². The fraction of sp³-hybridized carbons (Fsp3) is 0.800. The molecule has 0 radical (unpaired) electrons. The molecule has 0 fully saturated rings. The monoisotopic (exact) mass is 258 g/mol. The molecule has 0 aliphatic heterocycles. The summed E-state index contributed by atoms with van der Waals surface area (Å²) in [5.41, 5.74) is 0. The summed E-state index contributed by atoms with van der Waals surface area (Å²) in [4.78, 5) is 10.3. The Morgan fingerprint density at radius 1 is 1.67 bits per heavy atom. The molecule has 0 aromatic carbocycles. The van der Waals surface area contributed by atoms with E-state index in [4.69, 9.17) is 0 Å². The predicted molar refractivity (Wildman–Crippen MR) is 45.9 cm³/mol. The zero-order chi connectivity index (χ0) is 6.57. The molecule has 0 heterocycles. The van der Waals surface area contributed by atoms with Crippen molar-refractivity contribution in [2.75, 3.05) is 0 Å². The molecule has 0 bridgehead atoms. The molecule has 0 saturated heterocycles. The van der Waals surface area contributed by atoms with Crippen molar-refractivity contribution in [2.24, 2.45) is 5.92 Å². The van der Waals surface area contributed by atoms with E-state index in [0.29, 0.717) is 12.3 Å². The summed E-state index contributed by atoms with van der Waals surface area (Å²) in [6, 6.07) is 0. The van der Waals surface area contributed by atoms with Crippen LogP contribution >= 0.6 is 12.9 Å². The maximum absolute atomic E-state index is 10.3. The summed E-state index contributed by atoms with van der Waals surface area (Å²) in [5.74, 6) is 0.0954. The third-order valence-electron chi connectivity index (χ3n) is 0.677. The Hall–Kier alpha value is 0.619. The SMILES string of the molecule is CC(C)CC(=O)OS.[SnH4]. The van der Waals surface area contributed by atoms with Crippen molar-refractivity contribution in [3.8, 4) is 0 Å². The van der Waals surface area contributed by atoms with Gasteiger partial charge in [0.15, 0.2) is 0 Å². The molecule has 0 amide bonds. The molecule has 0 unspecified atom stereocenters. The van der Waals surface area contributed by atoms with Gasteiger partial charge in [-0.05, 0) is 5.92 Å². The summed E-state index contributed by atoms with van der Waals surface area (Å²) in [5, 5.41) is 0. The van der Waals surface area contributed by atoms with Gasteiger partial charge in [0.2, 0.25) is 0 Å². The Kier molecular flexibility index (Phi) is 9.21. The van der Waals surface area contributed by atoms with Crippen LogP contribution in [-0.2, 0) is 8.98 Å². The van der Waals surface area contributed by atoms with Crippen molar-refractivity contribution >= 4 is 42.8 Å². The van der Waals surface area contributed by atoms with Crippen molar-refractivity contribution in [1.29, 1.82) is 0 Å². The Morgan fingerprint density at radius 2 is 2.11 bits per heavy atom. The molecule has 0 aliphatic rings. The maximum atomic E-state index is 10.3. The van der Waals surface area contributed by atoms with Crippen molar-refractivity contribution in [2.45, 2.75) is 20.3 Å². The fourth-order valence-electron chi connectivity index (χ4n) is 0.371. The normalized spacial score (nSPS) is 8.44. The van der Waals surface area contributed by atoms with Crippen LogP contribution in [0.2, 0.25) is 0 Å². The van der Waals surface area contributed by atoms with E-state index in [0.717, 1.165) is 0 Å². The molecular weight excluding hydrogens is 243 g/mol. The van der Waals surface area contributed by atoms with E-state index in [-0.39, 0.29) is 29.9 Å². The molecule has 0 spiro atoms. The van der Waals surface area contributed by atoms with E-state index >= 15 is 0 Å². The molecule has 0 aliphatic carbocycles. The van der Waals surface area contributed by atoms with Gasteiger partial charge in [0.05, 0.1) is 0 Å². The van der Waals surface area contributed by atoms with Crippen molar-refractivity contribution in [3.05, 3.63) is 0 Å². The number of hydrogen-bond donors (Lipinski definition) is 1. The first-order chi connectivity index (χ1) is 3.66. The summed E-state index contributed by atoms with van der Waals surface area (Å²) in [6.45, 7) is 3.90. The number of carbonyl (C=O) groups is 1. The fourth-order valence-corrected chi connectivity index (χ4v) is 0.445. The first-order valence-corrected chi connectivity index (χ1v) is 2.87. The molecule has 0 aromatic heterocycles. The van der Waals surface area contributed by atoms with E-state index in [1.807, 2.05) is 13.8 Å². The minimum absolute atomic E-state index is 0. The molecule has 0 N–H and O–H groups in total. The van der Waals surface area contributed by atoms with E-state index in [2.05, 4.69) is 17.1 Å². The van der Waals surface area contributed by atoms with Crippen molar-refractivity contribution < 1.29 is 8.98 Å². The standard InChI is InChI=1S/C5H10O2S.Sn.4H/c1-4(2)3-5(6)7-8;;;;;/h4,8H,3H2,1-2H3;;;;;. The van der Waals surface area contributed by atoms with Crippen molar-refractivity contribution in [1.82, 2.24) is 0 Å². The predicted octanol–water partition coefficient (Wildman–Crippen LogP) is -0.0311. The second-order valence-electron chi connectivity index (χ2n) is 2.06. The van der Waals surface area contributed by atoms with E-state index in [1.54, 1.807) is 0 Å². The van der Waals surface area contributed by atoms with Crippen LogP contribution in [0.4, 0.5) is 0 Å². The van der Waals surface area contributed by atoms with Crippen LogP contribution in [0.5, 0.6) is 0 Å². The molecular formula is C5H14O2SSn. The topological polar surface area (TPSA) is 26.3 Å². The first-order valence-electron chi connectivity index (χ1n) is 2.51. The number of carbonyl (C=O) groups excluding carboxylic acids is 1. The Bertz CT molecular complexity index is 85.0. The van der Waals surface area contributed by atoms with E-state index in [1.165, 1.54) is 0 Å². The van der Waals surface area contributed by atoms with Crippen LogP contribution < -0.4 is 0 Å². The Balaban J connectivity index is 0. The molecule has 0 aromatic rings. The van der Waals surface area contributed by atoms with Gasteiger partial charge in [0.1, 0.15) is 0 Å². The van der Waals surface area contributed by atoms with E-state index in [9.17, 15) is 4.79 Å². The Labute approximate surface area is 77.9 Å². The van der Waals surface area contributed by atoms with Crippen LogP contribution in [0, 0.1) is 5.92 Å². The molecule has 2 nitrogen and oxygen atoms in total. The van der Waals surface area contributed by atoms with Gasteiger partial charge < -0.3 is 4.18 Å². The van der Waals surface area contributed by atoms with Crippen molar-refractivity contribution in [3.63, 3.8) is 0 Å². The zero-order valence-electron chi connectivity index (χ0n) is 5.05. The summed E-state index contributed by atoms with van der Waals surface area (Å²) >= 11 is 3.34. The number of hydrogen-bond acceptors (Lipinski definition) is 3. The number of rotatable bonds is 2. The van der Waals surface area contributed by atoms with Gasteiger partial charge in [0, 0.05) is 19.3 Å². The van der Waals surface area contributed by atoms with Gasteiger partial charge in [-0.2, -0.15) is 0 Å².